The molecule has 0 fully saturated rings. The van der Waals surface area contributed by atoms with E-state index in [-0.39, 0.29) is 23.3 Å². The van der Waals surface area contributed by atoms with E-state index in [1.54, 1.807) is 6.92 Å². The first kappa shape index (κ1) is 14.6. The van der Waals surface area contributed by atoms with Crippen molar-refractivity contribution >= 4 is 5.91 Å². The Labute approximate surface area is 107 Å². The third-order valence-corrected chi connectivity index (χ3v) is 2.48. The number of H-pyrrole nitrogens is 1. The molecule has 0 saturated carbocycles. The predicted molar refractivity (Wildman–Crippen MR) is 68.3 cm³/mol. The van der Waals surface area contributed by atoms with Gasteiger partial charge in [-0.3, -0.25) is 9.89 Å². The lowest BCUT2D eigenvalue weighted by molar-refractivity contribution is 0.0939. The topological polar surface area (TPSA) is 90.9 Å². The van der Waals surface area contributed by atoms with Gasteiger partial charge in [0.1, 0.15) is 5.82 Å². The summed E-state index contributed by atoms with van der Waals surface area (Å²) in [5, 5.41) is 18.5. The van der Waals surface area contributed by atoms with E-state index in [0.717, 1.165) is 6.42 Å². The predicted octanol–water partition coefficient (Wildman–Crippen LogP) is 0.993. The van der Waals surface area contributed by atoms with Gasteiger partial charge in [-0.1, -0.05) is 20.8 Å². The number of hydrogen-bond acceptors (Lipinski definition) is 4. The van der Waals surface area contributed by atoms with Gasteiger partial charge in [0.25, 0.3) is 5.91 Å². The van der Waals surface area contributed by atoms with Gasteiger partial charge in [-0.15, -0.1) is 5.10 Å². The lowest BCUT2D eigenvalue weighted by Crippen LogP contribution is -2.26. The zero-order valence-electron chi connectivity index (χ0n) is 11.4. The summed E-state index contributed by atoms with van der Waals surface area (Å²) in [4.78, 5) is 15.9. The minimum Gasteiger partial charge on any atom is -0.393 e. The Hall–Kier alpha value is -1.43. The van der Waals surface area contributed by atoms with E-state index in [0.29, 0.717) is 18.8 Å². The van der Waals surface area contributed by atoms with Gasteiger partial charge in [-0.2, -0.15) is 0 Å². The maximum atomic E-state index is 11.7. The highest BCUT2D eigenvalue weighted by atomic mass is 16.3. The number of carbonyl (C=O) groups excluding carboxylic acids is 1. The van der Waals surface area contributed by atoms with Crippen LogP contribution in [-0.4, -0.2) is 38.8 Å². The van der Waals surface area contributed by atoms with Crippen LogP contribution in [-0.2, 0) is 5.41 Å². The van der Waals surface area contributed by atoms with E-state index in [1.807, 2.05) is 20.8 Å². The number of nitrogens with one attached hydrogen (secondary N) is 2. The molecular formula is C12H22N4O2. The number of aliphatic hydroxyl groups excluding tert-OH is 1. The quantitative estimate of drug-likeness (QED) is 0.683. The molecule has 1 amide bonds. The van der Waals surface area contributed by atoms with Crippen LogP contribution in [0, 0.1) is 0 Å². The number of hydrogen-bond donors (Lipinski definition) is 3. The number of nitrogens with zero attached hydrogens (tertiary/aromatic N) is 2. The molecule has 6 nitrogen and oxygen atoms in total. The first-order valence-electron chi connectivity index (χ1n) is 6.20. The van der Waals surface area contributed by atoms with E-state index in [4.69, 9.17) is 5.11 Å². The van der Waals surface area contributed by atoms with E-state index in [2.05, 4.69) is 20.5 Å². The van der Waals surface area contributed by atoms with Crippen LogP contribution < -0.4 is 5.32 Å². The second kappa shape index (κ2) is 5.95. The molecule has 18 heavy (non-hydrogen) atoms. The van der Waals surface area contributed by atoms with Crippen LogP contribution in [0.1, 0.15) is 57.0 Å². The van der Waals surface area contributed by atoms with Crippen molar-refractivity contribution in [3.05, 3.63) is 11.6 Å². The van der Waals surface area contributed by atoms with E-state index in [1.165, 1.54) is 0 Å². The minimum absolute atomic E-state index is 0.155. The Morgan fingerprint density at radius 3 is 2.67 bits per heavy atom. The molecule has 6 heteroatoms. The lowest BCUT2D eigenvalue weighted by Gasteiger charge is -2.12. The van der Waals surface area contributed by atoms with E-state index >= 15 is 0 Å². The molecule has 1 aromatic heterocycles. The molecule has 1 rings (SSSR count). The van der Waals surface area contributed by atoms with Gasteiger partial charge >= 0.3 is 0 Å². The van der Waals surface area contributed by atoms with Gasteiger partial charge in [0, 0.05) is 12.0 Å². The standard InChI is InChI=1S/C12H22N4O2/c1-8(17)6-5-7-13-10(18)9-14-11(16-15-9)12(2,3)4/h8,17H,5-7H2,1-4H3,(H,13,18)(H,14,15,16). The average Bonchev–Trinajstić information content (AvgIpc) is 2.72. The second-order valence-corrected chi connectivity index (χ2v) is 5.50. The molecule has 1 atom stereocenters. The lowest BCUT2D eigenvalue weighted by atomic mass is 9.96. The molecule has 0 aliphatic rings. The molecule has 1 unspecified atom stereocenters. The van der Waals surface area contributed by atoms with Gasteiger partial charge in [0.15, 0.2) is 0 Å². The summed E-state index contributed by atoms with van der Waals surface area (Å²) in [6.07, 6.45) is 1.07. The fraction of sp³-hybridized carbons (Fsp3) is 0.750. The van der Waals surface area contributed by atoms with Gasteiger partial charge in [-0.05, 0) is 19.8 Å². The molecule has 1 heterocycles. The molecule has 0 aromatic carbocycles. The van der Waals surface area contributed by atoms with Crippen LogP contribution in [0.2, 0.25) is 0 Å². The average molecular weight is 254 g/mol. The molecule has 0 aliphatic heterocycles. The number of aliphatic hydroxyl groups is 1. The van der Waals surface area contributed by atoms with E-state index in [9.17, 15) is 4.79 Å². The monoisotopic (exact) mass is 254 g/mol. The van der Waals surface area contributed by atoms with Gasteiger partial charge in [0.2, 0.25) is 5.82 Å². The second-order valence-electron chi connectivity index (χ2n) is 5.50. The smallest absolute Gasteiger partial charge is 0.290 e. The van der Waals surface area contributed by atoms with Gasteiger partial charge < -0.3 is 10.4 Å². The number of amides is 1. The molecule has 0 aliphatic carbocycles. The van der Waals surface area contributed by atoms with Gasteiger partial charge in [0.05, 0.1) is 6.10 Å². The molecule has 0 radical (unpaired) electrons. The summed E-state index contributed by atoms with van der Waals surface area (Å²) in [7, 11) is 0. The summed E-state index contributed by atoms with van der Waals surface area (Å²) < 4.78 is 0. The highest BCUT2D eigenvalue weighted by Gasteiger charge is 2.20. The fourth-order valence-corrected chi connectivity index (χ4v) is 1.38. The zero-order valence-corrected chi connectivity index (χ0v) is 11.4. The summed E-state index contributed by atoms with van der Waals surface area (Å²) in [5.41, 5.74) is -0.155. The summed E-state index contributed by atoms with van der Waals surface area (Å²) >= 11 is 0. The molecule has 0 spiro atoms. The summed E-state index contributed by atoms with van der Waals surface area (Å²) in [5.74, 6) is 0.570. The van der Waals surface area contributed by atoms with Crippen LogP contribution in [0.5, 0.6) is 0 Å². The SMILES string of the molecule is CC(O)CCCNC(=O)c1n[nH]c(C(C)(C)C)n1. The van der Waals surface area contributed by atoms with E-state index < -0.39 is 0 Å². The summed E-state index contributed by atoms with van der Waals surface area (Å²) in [6, 6.07) is 0. The molecule has 0 bridgehead atoms. The van der Waals surface area contributed by atoms with Crippen molar-refractivity contribution in [2.45, 2.75) is 52.1 Å². The Morgan fingerprint density at radius 2 is 2.17 bits per heavy atom. The van der Waals surface area contributed by atoms with Crippen molar-refractivity contribution in [2.24, 2.45) is 0 Å². The molecule has 1 aromatic rings. The molecule has 102 valence electrons. The number of aromatic amines is 1. The first-order valence-corrected chi connectivity index (χ1v) is 6.20. The first-order chi connectivity index (χ1) is 8.30. The van der Waals surface area contributed by atoms with Crippen molar-refractivity contribution in [1.29, 1.82) is 0 Å². The Kier molecular flexibility index (Phi) is 4.84. The molecule has 0 saturated heterocycles. The van der Waals surface area contributed by atoms with Crippen molar-refractivity contribution in [3.8, 4) is 0 Å². The van der Waals surface area contributed by atoms with Crippen molar-refractivity contribution in [1.82, 2.24) is 20.5 Å². The Morgan fingerprint density at radius 1 is 1.50 bits per heavy atom. The molecular weight excluding hydrogens is 232 g/mol. The van der Waals surface area contributed by atoms with Crippen LogP contribution in [0.25, 0.3) is 0 Å². The highest BCUT2D eigenvalue weighted by molar-refractivity contribution is 5.90. The number of aromatic nitrogens is 3. The Balaban J connectivity index is 2.45. The van der Waals surface area contributed by atoms with Crippen LogP contribution in [0.4, 0.5) is 0 Å². The van der Waals surface area contributed by atoms with Crippen LogP contribution >= 0.6 is 0 Å². The fourth-order valence-electron chi connectivity index (χ4n) is 1.38. The highest BCUT2D eigenvalue weighted by Crippen LogP contribution is 2.17. The third-order valence-electron chi connectivity index (χ3n) is 2.48. The van der Waals surface area contributed by atoms with Crippen molar-refractivity contribution < 1.29 is 9.90 Å². The normalized spacial score (nSPS) is 13.4. The minimum atomic E-state index is -0.335. The van der Waals surface area contributed by atoms with Gasteiger partial charge in [-0.25, -0.2) is 4.98 Å². The van der Waals surface area contributed by atoms with Crippen LogP contribution in [0.15, 0.2) is 0 Å². The summed E-state index contributed by atoms with van der Waals surface area (Å²) in [6.45, 7) is 8.24. The molecule has 3 N–H and O–H groups in total. The maximum Gasteiger partial charge on any atom is 0.290 e. The van der Waals surface area contributed by atoms with Crippen molar-refractivity contribution in [3.63, 3.8) is 0 Å². The van der Waals surface area contributed by atoms with Crippen molar-refractivity contribution in [2.75, 3.05) is 6.54 Å². The number of rotatable bonds is 5. The largest absolute Gasteiger partial charge is 0.393 e. The zero-order chi connectivity index (χ0) is 13.8. The number of carbonyl (C=O) groups is 1. The van der Waals surface area contributed by atoms with Crippen LogP contribution in [0.3, 0.4) is 0 Å². The maximum absolute atomic E-state index is 11.7. The third kappa shape index (κ3) is 4.44. The Bertz CT molecular complexity index is 393.